The second kappa shape index (κ2) is 9.85. The van der Waals surface area contributed by atoms with Crippen molar-refractivity contribution in [3.8, 4) is 29.1 Å². The summed E-state index contributed by atoms with van der Waals surface area (Å²) < 4.78 is 0. The van der Waals surface area contributed by atoms with Crippen LogP contribution in [0.5, 0.6) is 23.0 Å². The molecule has 0 aliphatic heterocycles. The van der Waals surface area contributed by atoms with Crippen molar-refractivity contribution >= 4 is 11.8 Å². The average molecular weight is 399 g/mol. The molecule has 9 nitrogen and oxygen atoms in total. The number of aromatic hydroxyl groups is 4. The minimum Gasteiger partial charge on any atom is -0.504 e. The fraction of sp³-hybridized carbons (Fsp3) is 0.250. The van der Waals surface area contributed by atoms with E-state index < -0.39 is 35.1 Å². The van der Waals surface area contributed by atoms with Crippen LogP contribution in [0.2, 0.25) is 0 Å². The van der Waals surface area contributed by atoms with Crippen molar-refractivity contribution in [3.63, 3.8) is 0 Å². The summed E-state index contributed by atoms with van der Waals surface area (Å²) in [6.45, 7) is 0.271. The van der Waals surface area contributed by atoms with Crippen LogP contribution in [0.15, 0.2) is 36.4 Å². The van der Waals surface area contributed by atoms with Gasteiger partial charge in [0.05, 0.1) is 17.2 Å². The number of nitrogens with zero attached hydrogens (tertiary/aromatic N) is 1. The number of nitrogens with one attached hydrogen (secondary N) is 2. The summed E-state index contributed by atoms with van der Waals surface area (Å²) in [5.74, 6) is -3.09. The summed E-state index contributed by atoms with van der Waals surface area (Å²) in [6, 6.07) is 9.18. The molecular formula is C20H21N3O6. The van der Waals surface area contributed by atoms with E-state index in [0.717, 1.165) is 0 Å². The summed E-state index contributed by atoms with van der Waals surface area (Å²) in [4.78, 5) is 24.1. The summed E-state index contributed by atoms with van der Waals surface area (Å²) >= 11 is 0. The molecule has 0 saturated heterocycles. The van der Waals surface area contributed by atoms with Crippen molar-refractivity contribution in [2.24, 2.45) is 0 Å². The molecule has 6 N–H and O–H groups in total. The van der Waals surface area contributed by atoms with E-state index in [2.05, 4.69) is 10.6 Å². The average Bonchev–Trinajstić information content (AvgIpc) is 2.70. The fourth-order valence-corrected chi connectivity index (χ4v) is 2.60. The molecule has 0 radical (unpaired) electrons. The third-order valence-electron chi connectivity index (χ3n) is 4.18. The molecule has 0 aliphatic rings. The Morgan fingerprint density at radius 1 is 0.897 bits per heavy atom. The highest BCUT2D eigenvalue weighted by Gasteiger charge is 2.18. The van der Waals surface area contributed by atoms with Gasteiger partial charge in [-0.05, 0) is 43.5 Å². The molecular weight excluding hydrogens is 378 g/mol. The highest BCUT2D eigenvalue weighted by Crippen LogP contribution is 2.28. The van der Waals surface area contributed by atoms with E-state index in [-0.39, 0.29) is 23.4 Å². The smallest absolute Gasteiger partial charge is 0.256 e. The van der Waals surface area contributed by atoms with Gasteiger partial charge in [-0.2, -0.15) is 5.26 Å². The van der Waals surface area contributed by atoms with Crippen LogP contribution in [-0.2, 0) is 0 Å². The zero-order valence-electron chi connectivity index (χ0n) is 15.4. The zero-order valence-corrected chi connectivity index (χ0v) is 15.4. The Morgan fingerprint density at radius 2 is 1.45 bits per heavy atom. The number of phenols is 4. The highest BCUT2D eigenvalue weighted by atomic mass is 16.3. The molecule has 0 heterocycles. The van der Waals surface area contributed by atoms with Gasteiger partial charge in [-0.15, -0.1) is 0 Å². The quantitative estimate of drug-likeness (QED) is 0.291. The van der Waals surface area contributed by atoms with Crippen LogP contribution in [0, 0.1) is 11.3 Å². The number of para-hydroxylation sites is 2. The van der Waals surface area contributed by atoms with Crippen LogP contribution in [0.3, 0.4) is 0 Å². The number of rotatable bonds is 8. The maximum Gasteiger partial charge on any atom is 0.256 e. The van der Waals surface area contributed by atoms with Crippen molar-refractivity contribution in [2.75, 3.05) is 6.54 Å². The standard InChI is InChI=1S/C20H21N3O6/c21-11-12(23-20(29)14-7-4-9-16(25)18(14)27)5-1-2-10-22-19(28)13-6-3-8-15(24)17(13)26/h3-4,6-9,12,24-27H,1-2,5,10H2,(H,22,28)(H,23,29)/t12-/m1/s1. The summed E-state index contributed by atoms with van der Waals surface area (Å²) in [7, 11) is 0. The number of hydrogen-bond acceptors (Lipinski definition) is 7. The molecule has 0 spiro atoms. The molecule has 2 aromatic rings. The third-order valence-corrected chi connectivity index (χ3v) is 4.18. The first kappa shape index (κ1) is 21.4. The number of hydrogen-bond donors (Lipinski definition) is 6. The van der Waals surface area contributed by atoms with Crippen molar-refractivity contribution in [1.29, 1.82) is 5.26 Å². The topological polar surface area (TPSA) is 163 Å². The molecule has 2 amide bonds. The van der Waals surface area contributed by atoms with Crippen LogP contribution in [0.25, 0.3) is 0 Å². The molecule has 2 aromatic carbocycles. The van der Waals surface area contributed by atoms with E-state index in [1.54, 1.807) is 0 Å². The zero-order chi connectivity index (χ0) is 21.4. The molecule has 0 fully saturated rings. The lowest BCUT2D eigenvalue weighted by Crippen LogP contribution is -2.34. The first-order valence-electron chi connectivity index (χ1n) is 8.85. The minimum atomic E-state index is -0.810. The molecule has 0 saturated carbocycles. The van der Waals surface area contributed by atoms with E-state index in [1.807, 2.05) is 6.07 Å². The van der Waals surface area contributed by atoms with Crippen molar-refractivity contribution < 1.29 is 30.0 Å². The van der Waals surface area contributed by atoms with Crippen LogP contribution >= 0.6 is 0 Å². The number of amides is 2. The Morgan fingerprint density at radius 3 is 2.00 bits per heavy atom. The van der Waals surface area contributed by atoms with Gasteiger partial charge in [-0.25, -0.2) is 0 Å². The van der Waals surface area contributed by atoms with Crippen LogP contribution < -0.4 is 10.6 Å². The molecule has 2 rings (SSSR count). The van der Waals surface area contributed by atoms with Gasteiger partial charge < -0.3 is 31.1 Å². The molecule has 152 valence electrons. The molecule has 0 unspecified atom stereocenters. The van der Waals surface area contributed by atoms with E-state index >= 15 is 0 Å². The van der Waals surface area contributed by atoms with Gasteiger partial charge in [0.2, 0.25) is 0 Å². The Bertz CT molecular complexity index is 938. The lowest BCUT2D eigenvalue weighted by atomic mass is 10.1. The van der Waals surface area contributed by atoms with E-state index in [4.69, 9.17) is 0 Å². The van der Waals surface area contributed by atoms with Gasteiger partial charge >= 0.3 is 0 Å². The second-order valence-electron chi connectivity index (χ2n) is 6.25. The molecule has 1 atom stereocenters. The predicted molar refractivity (Wildman–Crippen MR) is 103 cm³/mol. The molecule has 0 aliphatic carbocycles. The number of carbonyl (C=O) groups is 2. The SMILES string of the molecule is N#C[C@@H](CCCCNC(=O)c1cccc(O)c1O)NC(=O)c1cccc(O)c1O. The van der Waals surface area contributed by atoms with Crippen LogP contribution in [0.4, 0.5) is 0 Å². The Hall–Kier alpha value is -3.93. The number of nitriles is 1. The first-order chi connectivity index (χ1) is 13.8. The molecule has 29 heavy (non-hydrogen) atoms. The maximum atomic E-state index is 12.1. The normalized spacial score (nSPS) is 11.3. The first-order valence-corrected chi connectivity index (χ1v) is 8.85. The summed E-state index contributed by atoms with van der Waals surface area (Å²) in [5, 5.41) is 52.5. The number of phenolic OH excluding ortho intramolecular Hbond substituents is 4. The van der Waals surface area contributed by atoms with Gasteiger partial charge in [0.25, 0.3) is 11.8 Å². The highest BCUT2D eigenvalue weighted by molar-refractivity contribution is 5.98. The van der Waals surface area contributed by atoms with Crippen LogP contribution in [-0.4, -0.2) is 44.8 Å². The monoisotopic (exact) mass is 399 g/mol. The lowest BCUT2D eigenvalue weighted by molar-refractivity contribution is 0.0938. The van der Waals surface area contributed by atoms with E-state index in [0.29, 0.717) is 19.3 Å². The van der Waals surface area contributed by atoms with Crippen molar-refractivity contribution in [1.82, 2.24) is 10.6 Å². The summed E-state index contributed by atoms with van der Waals surface area (Å²) in [5.41, 5.74) is -0.179. The summed E-state index contributed by atoms with van der Waals surface area (Å²) in [6.07, 6.45) is 1.34. The number of carbonyl (C=O) groups excluding carboxylic acids is 2. The van der Waals surface area contributed by atoms with E-state index in [9.17, 15) is 35.3 Å². The minimum absolute atomic E-state index is 0.0434. The Kier molecular flexibility index (Phi) is 7.26. The molecule has 0 bridgehead atoms. The number of benzene rings is 2. The third kappa shape index (κ3) is 5.52. The maximum absolute atomic E-state index is 12.1. The largest absolute Gasteiger partial charge is 0.504 e. The van der Waals surface area contributed by atoms with Crippen LogP contribution in [0.1, 0.15) is 40.0 Å². The van der Waals surface area contributed by atoms with E-state index in [1.165, 1.54) is 36.4 Å². The molecule has 9 heteroatoms. The predicted octanol–water partition coefficient (Wildman–Crippen LogP) is 1.73. The molecule has 0 aromatic heterocycles. The second-order valence-corrected chi connectivity index (χ2v) is 6.25. The number of unbranched alkanes of at least 4 members (excludes halogenated alkanes) is 1. The van der Waals surface area contributed by atoms with Gasteiger partial charge in [-0.1, -0.05) is 12.1 Å². The van der Waals surface area contributed by atoms with Crippen molar-refractivity contribution in [3.05, 3.63) is 47.5 Å². The Balaban J connectivity index is 1.78. The Labute approximate surface area is 166 Å². The lowest BCUT2D eigenvalue weighted by Gasteiger charge is -2.13. The van der Waals surface area contributed by atoms with Gasteiger partial charge in [0.1, 0.15) is 6.04 Å². The van der Waals surface area contributed by atoms with Gasteiger partial charge in [-0.3, -0.25) is 9.59 Å². The fourth-order valence-electron chi connectivity index (χ4n) is 2.60. The van der Waals surface area contributed by atoms with Crippen molar-refractivity contribution in [2.45, 2.75) is 25.3 Å². The van der Waals surface area contributed by atoms with Gasteiger partial charge in [0.15, 0.2) is 23.0 Å². The van der Waals surface area contributed by atoms with Gasteiger partial charge in [0, 0.05) is 6.54 Å².